The SMILES string of the molecule is O=C(NC1CCN(Cc2ccccc2)CC1)c1cn(CC2CCCCC2)nn1. The van der Waals surface area contributed by atoms with E-state index in [1.165, 1.54) is 37.7 Å². The van der Waals surface area contributed by atoms with Crippen molar-refractivity contribution in [3.8, 4) is 0 Å². The number of rotatable bonds is 6. The summed E-state index contributed by atoms with van der Waals surface area (Å²) < 4.78 is 1.85. The molecule has 2 aliphatic rings. The lowest BCUT2D eigenvalue weighted by atomic mass is 9.89. The van der Waals surface area contributed by atoms with Crippen molar-refractivity contribution >= 4 is 5.91 Å². The van der Waals surface area contributed by atoms with Gasteiger partial charge in [0.25, 0.3) is 5.91 Å². The van der Waals surface area contributed by atoms with Crippen molar-refractivity contribution < 1.29 is 4.79 Å². The molecule has 150 valence electrons. The van der Waals surface area contributed by atoms with Gasteiger partial charge in [0, 0.05) is 32.2 Å². The van der Waals surface area contributed by atoms with Gasteiger partial charge in [0.1, 0.15) is 0 Å². The lowest BCUT2D eigenvalue weighted by molar-refractivity contribution is 0.0903. The Hall–Kier alpha value is -2.21. The van der Waals surface area contributed by atoms with E-state index in [0.717, 1.165) is 39.0 Å². The van der Waals surface area contributed by atoms with E-state index in [1.54, 1.807) is 0 Å². The zero-order valence-corrected chi connectivity index (χ0v) is 16.6. The summed E-state index contributed by atoms with van der Waals surface area (Å²) in [5, 5.41) is 11.4. The molecule has 2 fully saturated rings. The quantitative estimate of drug-likeness (QED) is 0.834. The Kier molecular flexibility index (Phi) is 6.37. The predicted molar refractivity (Wildman–Crippen MR) is 109 cm³/mol. The van der Waals surface area contributed by atoms with E-state index in [4.69, 9.17) is 0 Å². The Labute approximate surface area is 167 Å². The summed E-state index contributed by atoms with van der Waals surface area (Å²) in [6.07, 6.45) is 10.3. The smallest absolute Gasteiger partial charge is 0.273 e. The fraction of sp³-hybridized carbons (Fsp3) is 0.591. The fourth-order valence-electron chi connectivity index (χ4n) is 4.46. The van der Waals surface area contributed by atoms with Crippen LogP contribution in [-0.2, 0) is 13.1 Å². The molecule has 0 radical (unpaired) electrons. The molecule has 1 aromatic carbocycles. The number of hydrogen-bond acceptors (Lipinski definition) is 4. The number of nitrogens with zero attached hydrogens (tertiary/aromatic N) is 4. The fourth-order valence-corrected chi connectivity index (χ4v) is 4.46. The number of carbonyl (C=O) groups excluding carboxylic acids is 1. The van der Waals surface area contributed by atoms with Gasteiger partial charge in [-0.1, -0.05) is 54.8 Å². The standard InChI is InChI=1S/C22H31N5O/c28-22(21-17-27(25-24-21)16-19-9-5-2-6-10-19)23-20-11-13-26(14-12-20)15-18-7-3-1-4-8-18/h1,3-4,7-8,17,19-20H,2,5-6,9-16H2,(H,23,28). The molecule has 1 saturated heterocycles. The molecule has 0 bridgehead atoms. The van der Waals surface area contributed by atoms with Crippen molar-refractivity contribution in [2.45, 2.75) is 64.1 Å². The number of carbonyl (C=O) groups is 1. The Morgan fingerprint density at radius 1 is 1.04 bits per heavy atom. The highest BCUT2D eigenvalue weighted by Crippen LogP contribution is 2.24. The van der Waals surface area contributed by atoms with E-state index in [9.17, 15) is 4.79 Å². The summed E-state index contributed by atoms with van der Waals surface area (Å²) in [4.78, 5) is 15.0. The van der Waals surface area contributed by atoms with E-state index in [-0.39, 0.29) is 11.9 Å². The monoisotopic (exact) mass is 381 g/mol. The van der Waals surface area contributed by atoms with Crippen LogP contribution in [0.4, 0.5) is 0 Å². The van der Waals surface area contributed by atoms with Crippen LogP contribution in [0.1, 0.15) is 61.0 Å². The minimum Gasteiger partial charge on any atom is -0.348 e. The first-order valence-electron chi connectivity index (χ1n) is 10.7. The van der Waals surface area contributed by atoms with Crippen molar-refractivity contribution in [2.75, 3.05) is 13.1 Å². The van der Waals surface area contributed by atoms with Gasteiger partial charge in [-0.25, -0.2) is 0 Å². The molecule has 1 saturated carbocycles. The van der Waals surface area contributed by atoms with Gasteiger partial charge in [0.2, 0.25) is 0 Å². The van der Waals surface area contributed by atoms with Gasteiger partial charge in [0.05, 0.1) is 6.20 Å². The summed E-state index contributed by atoms with van der Waals surface area (Å²) in [6, 6.07) is 10.8. The first-order valence-corrected chi connectivity index (χ1v) is 10.7. The number of aromatic nitrogens is 3. The third kappa shape index (κ3) is 5.19. The number of nitrogens with one attached hydrogen (secondary N) is 1. The van der Waals surface area contributed by atoms with Crippen molar-refractivity contribution in [2.24, 2.45) is 5.92 Å². The maximum atomic E-state index is 12.6. The van der Waals surface area contributed by atoms with Crippen LogP contribution in [0.3, 0.4) is 0 Å². The summed E-state index contributed by atoms with van der Waals surface area (Å²) in [5.74, 6) is 0.594. The van der Waals surface area contributed by atoms with E-state index in [1.807, 2.05) is 10.9 Å². The zero-order chi connectivity index (χ0) is 19.2. The predicted octanol–water partition coefficient (Wildman–Crippen LogP) is 3.25. The molecule has 0 atom stereocenters. The summed E-state index contributed by atoms with van der Waals surface area (Å²) >= 11 is 0. The van der Waals surface area contributed by atoms with E-state index in [2.05, 4.69) is 50.9 Å². The van der Waals surface area contributed by atoms with Crippen molar-refractivity contribution in [3.63, 3.8) is 0 Å². The molecule has 1 aliphatic carbocycles. The number of amides is 1. The Morgan fingerprint density at radius 3 is 2.54 bits per heavy atom. The maximum absolute atomic E-state index is 12.6. The van der Waals surface area contributed by atoms with Crippen LogP contribution in [0.25, 0.3) is 0 Å². The van der Waals surface area contributed by atoms with Crippen LogP contribution < -0.4 is 5.32 Å². The van der Waals surface area contributed by atoms with Crippen LogP contribution >= 0.6 is 0 Å². The van der Waals surface area contributed by atoms with Gasteiger partial charge in [-0.15, -0.1) is 5.10 Å². The minimum absolute atomic E-state index is 0.0867. The second-order valence-electron chi connectivity index (χ2n) is 8.34. The molecular formula is C22H31N5O. The van der Waals surface area contributed by atoms with Gasteiger partial charge in [0.15, 0.2) is 5.69 Å². The molecule has 1 amide bonds. The Morgan fingerprint density at radius 2 is 1.79 bits per heavy atom. The van der Waals surface area contributed by atoms with Gasteiger partial charge < -0.3 is 5.32 Å². The van der Waals surface area contributed by atoms with Gasteiger partial charge in [-0.2, -0.15) is 0 Å². The van der Waals surface area contributed by atoms with Gasteiger partial charge >= 0.3 is 0 Å². The Bertz CT molecular complexity index is 745. The number of hydrogen-bond donors (Lipinski definition) is 1. The first kappa shape index (κ1) is 19.1. The molecular weight excluding hydrogens is 350 g/mol. The summed E-state index contributed by atoms with van der Waals surface area (Å²) in [5.41, 5.74) is 1.79. The molecule has 6 nitrogen and oxygen atoms in total. The summed E-state index contributed by atoms with van der Waals surface area (Å²) in [6.45, 7) is 3.89. The van der Waals surface area contributed by atoms with Crippen LogP contribution in [0.15, 0.2) is 36.5 Å². The van der Waals surface area contributed by atoms with E-state index < -0.39 is 0 Å². The average molecular weight is 382 g/mol. The van der Waals surface area contributed by atoms with Crippen molar-refractivity contribution in [1.82, 2.24) is 25.2 Å². The number of likely N-dealkylation sites (tertiary alicyclic amines) is 1. The molecule has 4 rings (SSSR count). The van der Waals surface area contributed by atoms with Crippen molar-refractivity contribution in [3.05, 3.63) is 47.8 Å². The van der Waals surface area contributed by atoms with Crippen LogP contribution in [0.5, 0.6) is 0 Å². The molecule has 0 unspecified atom stereocenters. The van der Waals surface area contributed by atoms with Gasteiger partial charge in [-0.05, 0) is 37.2 Å². The Balaban J connectivity index is 1.22. The largest absolute Gasteiger partial charge is 0.348 e. The molecule has 1 aromatic heterocycles. The highest BCUT2D eigenvalue weighted by molar-refractivity contribution is 5.92. The zero-order valence-electron chi connectivity index (χ0n) is 16.6. The molecule has 6 heteroatoms. The van der Waals surface area contributed by atoms with E-state index in [0.29, 0.717) is 11.6 Å². The average Bonchev–Trinajstić information content (AvgIpc) is 3.20. The molecule has 1 N–H and O–H groups in total. The number of piperidine rings is 1. The van der Waals surface area contributed by atoms with Crippen LogP contribution in [-0.4, -0.2) is 44.9 Å². The molecule has 2 heterocycles. The second kappa shape index (κ2) is 9.32. The summed E-state index contributed by atoms with van der Waals surface area (Å²) in [7, 11) is 0. The van der Waals surface area contributed by atoms with E-state index >= 15 is 0 Å². The molecule has 0 spiro atoms. The van der Waals surface area contributed by atoms with Crippen LogP contribution in [0.2, 0.25) is 0 Å². The topological polar surface area (TPSA) is 63.1 Å². The normalized spacial score (nSPS) is 19.6. The third-order valence-electron chi connectivity index (χ3n) is 6.11. The minimum atomic E-state index is -0.0867. The molecule has 2 aromatic rings. The number of benzene rings is 1. The van der Waals surface area contributed by atoms with Crippen LogP contribution in [0, 0.1) is 5.92 Å². The maximum Gasteiger partial charge on any atom is 0.273 e. The highest BCUT2D eigenvalue weighted by Gasteiger charge is 2.23. The molecule has 28 heavy (non-hydrogen) atoms. The third-order valence-corrected chi connectivity index (χ3v) is 6.11. The van der Waals surface area contributed by atoms with Gasteiger partial charge in [-0.3, -0.25) is 14.4 Å². The highest BCUT2D eigenvalue weighted by atomic mass is 16.2. The lowest BCUT2D eigenvalue weighted by Gasteiger charge is -2.32. The first-order chi connectivity index (χ1) is 13.8. The van der Waals surface area contributed by atoms with Crippen molar-refractivity contribution in [1.29, 1.82) is 0 Å². The second-order valence-corrected chi connectivity index (χ2v) is 8.34. The lowest BCUT2D eigenvalue weighted by Crippen LogP contribution is -2.44. The molecule has 1 aliphatic heterocycles.